The first-order valence-corrected chi connectivity index (χ1v) is 7.54. The summed E-state index contributed by atoms with van der Waals surface area (Å²) in [6.07, 6.45) is 0.812. The zero-order valence-corrected chi connectivity index (χ0v) is 12.8. The van der Waals surface area contributed by atoms with Crippen LogP contribution in [0, 0.1) is 5.92 Å². The number of amides is 1. The van der Waals surface area contributed by atoms with E-state index in [2.05, 4.69) is 24.5 Å². The van der Waals surface area contributed by atoms with Crippen LogP contribution in [0.4, 0.5) is 5.69 Å². The number of fused-ring (bicyclic) bond motifs is 1. The molecule has 0 spiro atoms. The fourth-order valence-corrected chi connectivity index (χ4v) is 2.14. The van der Waals surface area contributed by atoms with Gasteiger partial charge in [-0.3, -0.25) is 4.79 Å². The number of rotatable bonds is 7. The summed E-state index contributed by atoms with van der Waals surface area (Å²) in [6, 6.07) is 5.57. The SMILES string of the molecule is CC(C)COCCCNC(=O)c1cccc2c1OCCN2. The summed E-state index contributed by atoms with van der Waals surface area (Å²) in [5, 5.41) is 6.14. The van der Waals surface area contributed by atoms with Crippen LogP contribution in [-0.4, -0.2) is 38.8 Å². The van der Waals surface area contributed by atoms with Crippen LogP contribution < -0.4 is 15.4 Å². The lowest BCUT2D eigenvalue weighted by molar-refractivity contribution is 0.0921. The molecule has 1 aliphatic rings. The molecule has 2 rings (SSSR count). The Hall–Kier alpha value is -1.75. The summed E-state index contributed by atoms with van der Waals surface area (Å²) >= 11 is 0. The van der Waals surface area contributed by atoms with Gasteiger partial charge in [-0.15, -0.1) is 0 Å². The van der Waals surface area contributed by atoms with Gasteiger partial charge >= 0.3 is 0 Å². The van der Waals surface area contributed by atoms with E-state index in [1.807, 2.05) is 12.1 Å². The first-order chi connectivity index (χ1) is 10.2. The average Bonchev–Trinajstić information content (AvgIpc) is 2.49. The number of carbonyl (C=O) groups is 1. The van der Waals surface area contributed by atoms with Gasteiger partial charge in [0.05, 0.1) is 11.3 Å². The van der Waals surface area contributed by atoms with E-state index in [9.17, 15) is 4.79 Å². The molecule has 5 heteroatoms. The smallest absolute Gasteiger partial charge is 0.255 e. The first kappa shape index (κ1) is 15.6. The van der Waals surface area contributed by atoms with E-state index >= 15 is 0 Å². The molecule has 0 aromatic heterocycles. The summed E-state index contributed by atoms with van der Waals surface area (Å²) in [7, 11) is 0. The second-order valence-corrected chi connectivity index (χ2v) is 5.54. The van der Waals surface area contributed by atoms with Crippen LogP contribution in [0.15, 0.2) is 18.2 Å². The van der Waals surface area contributed by atoms with E-state index in [0.717, 1.165) is 25.3 Å². The number of benzene rings is 1. The molecule has 1 aromatic rings. The quantitative estimate of drug-likeness (QED) is 0.757. The van der Waals surface area contributed by atoms with E-state index in [1.165, 1.54) is 0 Å². The van der Waals surface area contributed by atoms with Crippen molar-refractivity contribution in [2.75, 3.05) is 38.2 Å². The topological polar surface area (TPSA) is 59.6 Å². The number of ether oxygens (including phenoxy) is 2. The summed E-state index contributed by atoms with van der Waals surface area (Å²) in [5.74, 6) is 1.09. The Morgan fingerprint density at radius 1 is 1.48 bits per heavy atom. The molecule has 1 amide bonds. The summed E-state index contributed by atoms with van der Waals surface area (Å²) < 4.78 is 11.1. The number of nitrogens with one attached hydrogen (secondary N) is 2. The maximum atomic E-state index is 12.2. The molecule has 21 heavy (non-hydrogen) atoms. The van der Waals surface area contributed by atoms with Gasteiger partial charge in [0, 0.05) is 26.3 Å². The Balaban J connectivity index is 1.79. The maximum Gasteiger partial charge on any atom is 0.255 e. The summed E-state index contributed by atoms with van der Waals surface area (Å²) in [5.41, 5.74) is 1.47. The van der Waals surface area contributed by atoms with Gasteiger partial charge in [0.25, 0.3) is 5.91 Å². The average molecular weight is 292 g/mol. The highest BCUT2D eigenvalue weighted by atomic mass is 16.5. The van der Waals surface area contributed by atoms with Crippen molar-refractivity contribution in [3.8, 4) is 5.75 Å². The lowest BCUT2D eigenvalue weighted by Crippen LogP contribution is -2.27. The Kier molecular flexibility index (Phi) is 5.87. The predicted octanol–water partition coefficient (Wildman–Crippen LogP) is 2.28. The van der Waals surface area contributed by atoms with E-state index < -0.39 is 0 Å². The lowest BCUT2D eigenvalue weighted by atomic mass is 10.1. The maximum absolute atomic E-state index is 12.2. The van der Waals surface area contributed by atoms with Gasteiger partial charge in [-0.2, -0.15) is 0 Å². The molecule has 0 radical (unpaired) electrons. The molecule has 1 aliphatic heterocycles. The van der Waals surface area contributed by atoms with Gasteiger partial charge in [0.1, 0.15) is 6.61 Å². The van der Waals surface area contributed by atoms with Crippen molar-refractivity contribution in [2.24, 2.45) is 5.92 Å². The van der Waals surface area contributed by atoms with Gasteiger partial charge < -0.3 is 20.1 Å². The molecular weight excluding hydrogens is 268 g/mol. The van der Waals surface area contributed by atoms with E-state index in [4.69, 9.17) is 9.47 Å². The molecule has 116 valence electrons. The van der Waals surface area contributed by atoms with E-state index in [1.54, 1.807) is 6.07 Å². The summed E-state index contributed by atoms with van der Waals surface area (Å²) in [4.78, 5) is 12.2. The van der Waals surface area contributed by atoms with Crippen LogP contribution in [0.1, 0.15) is 30.6 Å². The number of hydrogen-bond acceptors (Lipinski definition) is 4. The number of para-hydroxylation sites is 1. The van der Waals surface area contributed by atoms with Gasteiger partial charge in [-0.1, -0.05) is 19.9 Å². The third kappa shape index (κ3) is 4.63. The minimum absolute atomic E-state index is 0.0978. The van der Waals surface area contributed by atoms with Crippen LogP contribution in [0.25, 0.3) is 0 Å². The standard InChI is InChI=1S/C16H24N2O3/c1-12(2)11-20-9-4-7-18-16(19)13-5-3-6-14-15(13)21-10-8-17-14/h3,5-6,12,17H,4,7-11H2,1-2H3,(H,18,19). The lowest BCUT2D eigenvalue weighted by Gasteiger charge is -2.21. The van der Waals surface area contributed by atoms with Crippen LogP contribution in [-0.2, 0) is 4.74 Å². The molecular formula is C16H24N2O3. The highest BCUT2D eigenvalue weighted by Crippen LogP contribution is 2.30. The van der Waals surface area contributed by atoms with Crippen molar-refractivity contribution in [3.63, 3.8) is 0 Å². The van der Waals surface area contributed by atoms with Gasteiger partial charge in [-0.25, -0.2) is 0 Å². The van der Waals surface area contributed by atoms with Gasteiger partial charge in [0.2, 0.25) is 0 Å². The molecule has 0 fully saturated rings. The summed E-state index contributed by atoms with van der Waals surface area (Å²) in [6.45, 7) is 7.63. The van der Waals surface area contributed by atoms with Crippen molar-refractivity contribution in [1.29, 1.82) is 0 Å². The fourth-order valence-electron chi connectivity index (χ4n) is 2.14. The van der Waals surface area contributed by atoms with Crippen molar-refractivity contribution < 1.29 is 14.3 Å². The highest BCUT2D eigenvalue weighted by Gasteiger charge is 2.18. The van der Waals surface area contributed by atoms with Crippen molar-refractivity contribution in [3.05, 3.63) is 23.8 Å². The monoisotopic (exact) mass is 292 g/mol. The van der Waals surface area contributed by atoms with Crippen LogP contribution >= 0.6 is 0 Å². The Labute approximate surface area is 126 Å². The molecule has 0 aliphatic carbocycles. The fraction of sp³-hybridized carbons (Fsp3) is 0.562. The molecule has 0 saturated heterocycles. The minimum Gasteiger partial charge on any atom is -0.489 e. The highest BCUT2D eigenvalue weighted by molar-refractivity contribution is 5.98. The van der Waals surface area contributed by atoms with Gasteiger partial charge in [-0.05, 0) is 24.5 Å². The molecule has 0 saturated carbocycles. The van der Waals surface area contributed by atoms with E-state index in [0.29, 0.717) is 37.0 Å². The zero-order chi connectivity index (χ0) is 15.1. The molecule has 2 N–H and O–H groups in total. The second-order valence-electron chi connectivity index (χ2n) is 5.54. The minimum atomic E-state index is -0.0978. The van der Waals surface area contributed by atoms with Crippen LogP contribution in [0.3, 0.4) is 0 Å². The largest absolute Gasteiger partial charge is 0.489 e. The number of carbonyl (C=O) groups excluding carboxylic acids is 1. The van der Waals surface area contributed by atoms with Crippen molar-refractivity contribution in [2.45, 2.75) is 20.3 Å². The zero-order valence-electron chi connectivity index (χ0n) is 12.8. The Bertz CT molecular complexity index is 475. The second kappa shape index (κ2) is 7.88. The Morgan fingerprint density at radius 2 is 2.33 bits per heavy atom. The molecule has 0 atom stereocenters. The molecule has 1 heterocycles. The number of hydrogen-bond donors (Lipinski definition) is 2. The molecule has 5 nitrogen and oxygen atoms in total. The predicted molar refractivity (Wildman–Crippen MR) is 83.0 cm³/mol. The number of anilines is 1. The van der Waals surface area contributed by atoms with Crippen molar-refractivity contribution in [1.82, 2.24) is 5.32 Å². The van der Waals surface area contributed by atoms with E-state index in [-0.39, 0.29) is 5.91 Å². The molecule has 1 aromatic carbocycles. The van der Waals surface area contributed by atoms with Crippen LogP contribution in [0.2, 0.25) is 0 Å². The normalized spacial score (nSPS) is 13.3. The van der Waals surface area contributed by atoms with Gasteiger partial charge in [0.15, 0.2) is 5.75 Å². The van der Waals surface area contributed by atoms with Crippen LogP contribution in [0.5, 0.6) is 5.75 Å². The Morgan fingerprint density at radius 3 is 3.14 bits per heavy atom. The molecule has 0 bridgehead atoms. The molecule has 0 unspecified atom stereocenters. The first-order valence-electron chi connectivity index (χ1n) is 7.54. The van der Waals surface area contributed by atoms with Crippen molar-refractivity contribution >= 4 is 11.6 Å². The third-order valence-corrected chi connectivity index (χ3v) is 3.13. The third-order valence-electron chi connectivity index (χ3n) is 3.13.